The van der Waals surface area contributed by atoms with Crippen LogP contribution in [-0.4, -0.2) is 27.9 Å². The molecule has 4 unspecified atom stereocenters. The van der Waals surface area contributed by atoms with Crippen molar-refractivity contribution >= 4 is 28.5 Å². The van der Waals surface area contributed by atoms with Gasteiger partial charge in [-0.25, -0.2) is 9.59 Å². The summed E-state index contributed by atoms with van der Waals surface area (Å²) in [5, 5.41) is 20.9. The number of rotatable bonds is 6. The van der Waals surface area contributed by atoms with Crippen molar-refractivity contribution in [3.8, 4) is 0 Å². The van der Waals surface area contributed by atoms with E-state index in [2.05, 4.69) is 30.3 Å². The van der Waals surface area contributed by atoms with E-state index in [1.54, 1.807) is 43.3 Å². The zero-order chi connectivity index (χ0) is 24.7. The predicted octanol–water partition coefficient (Wildman–Crippen LogP) is 6.11. The molecule has 0 radical (unpaired) electrons. The van der Waals surface area contributed by atoms with E-state index in [1.807, 2.05) is 24.3 Å². The first-order valence-corrected chi connectivity index (χ1v) is 11.5. The fourth-order valence-electron chi connectivity index (χ4n) is 5.61. The highest BCUT2D eigenvalue weighted by Gasteiger charge is 2.54. The highest BCUT2D eigenvalue weighted by molar-refractivity contribution is 5.89. The minimum atomic E-state index is -0.997. The minimum absolute atomic E-state index is 0.0661. The molecule has 0 aromatic heterocycles. The van der Waals surface area contributed by atoms with Crippen LogP contribution in [0.5, 0.6) is 0 Å². The third-order valence-corrected chi connectivity index (χ3v) is 7.26. The Bertz CT molecular complexity index is 1440. The number of carboxylic acids is 2. The van der Waals surface area contributed by atoms with Gasteiger partial charge in [-0.2, -0.15) is 0 Å². The van der Waals surface area contributed by atoms with Gasteiger partial charge in [0.15, 0.2) is 0 Å². The second kappa shape index (κ2) is 8.84. The normalized spacial score (nSPS) is 21.3. The quantitative estimate of drug-likeness (QED) is 0.359. The van der Waals surface area contributed by atoms with E-state index in [0.717, 1.165) is 27.5 Å². The largest absolute Gasteiger partial charge is 0.478 e. The summed E-state index contributed by atoms with van der Waals surface area (Å²) in [5.41, 5.74) is 3.33. The van der Waals surface area contributed by atoms with Crippen molar-refractivity contribution in [3.05, 3.63) is 119 Å². The SMILES string of the molecule is CC(=O)C1C(c2ccc(C(=O)O)cc2)C(c2ccc(C(=O)O)cc2)C1c1ccc2ccccc2c1. The predicted molar refractivity (Wildman–Crippen MR) is 133 cm³/mol. The highest BCUT2D eigenvalue weighted by atomic mass is 16.4. The van der Waals surface area contributed by atoms with Crippen LogP contribution < -0.4 is 0 Å². The van der Waals surface area contributed by atoms with Crippen molar-refractivity contribution in [1.82, 2.24) is 0 Å². The van der Waals surface area contributed by atoms with Crippen molar-refractivity contribution in [2.75, 3.05) is 0 Å². The van der Waals surface area contributed by atoms with Crippen LogP contribution in [0.4, 0.5) is 0 Å². The molecule has 1 aliphatic carbocycles. The average molecular weight is 465 g/mol. The third-order valence-electron chi connectivity index (χ3n) is 7.26. The van der Waals surface area contributed by atoms with E-state index >= 15 is 0 Å². The molecule has 5 heteroatoms. The molecule has 1 fully saturated rings. The molecule has 0 aliphatic heterocycles. The van der Waals surface area contributed by atoms with Crippen LogP contribution in [-0.2, 0) is 4.79 Å². The number of carboxylic acid groups (broad SMARTS) is 2. The number of fused-ring (bicyclic) bond motifs is 1. The number of ketones is 1. The van der Waals surface area contributed by atoms with Crippen LogP contribution in [0.1, 0.15) is 62.1 Å². The number of hydrogen-bond donors (Lipinski definition) is 2. The second-order valence-corrected chi connectivity index (χ2v) is 9.17. The molecule has 0 amide bonds. The summed E-state index contributed by atoms with van der Waals surface area (Å²) >= 11 is 0. The average Bonchev–Trinajstić information content (AvgIpc) is 2.84. The van der Waals surface area contributed by atoms with E-state index in [4.69, 9.17) is 0 Å². The number of aromatic carboxylic acids is 2. The van der Waals surface area contributed by atoms with E-state index in [0.29, 0.717) is 0 Å². The lowest BCUT2D eigenvalue weighted by molar-refractivity contribution is -0.126. The molecule has 4 aromatic rings. The summed E-state index contributed by atoms with van der Waals surface area (Å²) in [6.07, 6.45) is 0. The molecular formula is C30H24O5. The molecule has 4 aromatic carbocycles. The van der Waals surface area contributed by atoms with Crippen molar-refractivity contribution in [2.24, 2.45) is 5.92 Å². The van der Waals surface area contributed by atoms with Gasteiger partial charge in [-0.1, -0.05) is 66.7 Å². The maximum Gasteiger partial charge on any atom is 0.335 e. The van der Waals surface area contributed by atoms with Gasteiger partial charge in [0.2, 0.25) is 0 Å². The molecule has 0 bridgehead atoms. The van der Waals surface area contributed by atoms with Gasteiger partial charge in [-0.3, -0.25) is 4.79 Å². The van der Waals surface area contributed by atoms with E-state index in [-0.39, 0.29) is 40.6 Å². The van der Waals surface area contributed by atoms with Crippen LogP contribution in [0.15, 0.2) is 91.0 Å². The molecule has 35 heavy (non-hydrogen) atoms. The maximum atomic E-state index is 13.0. The number of benzene rings is 4. The van der Waals surface area contributed by atoms with Gasteiger partial charge in [0.05, 0.1) is 11.1 Å². The van der Waals surface area contributed by atoms with Crippen molar-refractivity contribution in [3.63, 3.8) is 0 Å². The van der Waals surface area contributed by atoms with Gasteiger partial charge < -0.3 is 10.2 Å². The van der Waals surface area contributed by atoms with Crippen LogP contribution in [0.2, 0.25) is 0 Å². The fourth-order valence-corrected chi connectivity index (χ4v) is 5.61. The van der Waals surface area contributed by atoms with Crippen molar-refractivity contribution in [2.45, 2.75) is 24.7 Å². The highest BCUT2D eigenvalue weighted by Crippen LogP contribution is 2.62. The van der Waals surface area contributed by atoms with Crippen LogP contribution >= 0.6 is 0 Å². The Morgan fingerprint density at radius 3 is 1.54 bits per heavy atom. The van der Waals surface area contributed by atoms with Gasteiger partial charge in [-0.05, 0) is 64.6 Å². The first-order chi connectivity index (χ1) is 16.8. The summed E-state index contributed by atoms with van der Waals surface area (Å²) in [6.45, 7) is 1.61. The first-order valence-electron chi connectivity index (χ1n) is 11.5. The van der Waals surface area contributed by atoms with Gasteiger partial charge in [0, 0.05) is 17.8 Å². The fraction of sp³-hybridized carbons (Fsp3) is 0.167. The van der Waals surface area contributed by atoms with Crippen molar-refractivity contribution < 1.29 is 24.6 Å². The monoisotopic (exact) mass is 464 g/mol. The molecule has 5 nitrogen and oxygen atoms in total. The maximum absolute atomic E-state index is 13.0. The minimum Gasteiger partial charge on any atom is -0.478 e. The van der Waals surface area contributed by atoms with E-state index < -0.39 is 11.9 Å². The number of Topliss-reactive ketones (excluding diaryl/α,β-unsaturated/α-hetero) is 1. The Morgan fingerprint density at radius 1 is 0.571 bits per heavy atom. The zero-order valence-corrected chi connectivity index (χ0v) is 19.1. The number of carbonyl (C=O) groups excluding carboxylic acids is 1. The molecule has 5 rings (SSSR count). The Balaban J connectivity index is 1.63. The van der Waals surface area contributed by atoms with Gasteiger partial charge in [0.1, 0.15) is 5.78 Å². The standard InChI is InChI=1S/C30H24O5/c1-17(31)25-26(19-7-11-21(12-8-19)29(32)33)27(20-9-13-22(14-10-20)30(34)35)28(25)24-15-6-18-4-2-3-5-23(18)16-24/h2-16,25-28H,1H3,(H,32,33)(H,34,35). The molecule has 0 heterocycles. The van der Waals surface area contributed by atoms with Crippen molar-refractivity contribution in [1.29, 1.82) is 0 Å². The number of hydrogen-bond acceptors (Lipinski definition) is 3. The third kappa shape index (κ3) is 3.99. The first kappa shape index (κ1) is 22.5. The Morgan fingerprint density at radius 2 is 1.03 bits per heavy atom. The molecular weight excluding hydrogens is 440 g/mol. The Kier molecular flexibility index (Phi) is 5.69. The molecule has 0 saturated heterocycles. The summed E-state index contributed by atoms with van der Waals surface area (Å²) in [5.74, 6) is -2.49. The molecule has 2 N–H and O–H groups in total. The van der Waals surface area contributed by atoms with E-state index in [9.17, 15) is 24.6 Å². The van der Waals surface area contributed by atoms with Crippen LogP contribution in [0, 0.1) is 5.92 Å². The molecule has 174 valence electrons. The second-order valence-electron chi connectivity index (χ2n) is 9.17. The smallest absolute Gasteiger partial charge is 0.335 e. The molecule has 0 spiro atoms. The van der Waals surface area contributed by atoms with Gasteiger partial charge >= 0.3 is 11.9 Å². The summed E-state index contributed by atoms with van der Waals surface area (Å²) < 4.78 is 0. The number of carbonyl (C=O) groups is 3. The lowest BCUT2D eigenvalue weighted by Crippen LogP contribution is -2.45. The molecule has 4 atom stereocenters. The summed E-state index contributed by atoms with van der Waals surface area (Å²) in [4.78, 5) is 35.7. The molecule has 1 saturated carbocycles. The summed E-state index contributed by atoms with van der Waals surface area (Å²) in [6, 6.07) is 28.0. The zero-order valence-electron chi connectivity index (χ0n) is 19.1. The van der Waals surface area contributed by atoms with Gasteiger partial charge in [0.25, 0.3) is 0 Å². The lowest BCUT2D eigenvalue weighted by Gasteiger charge is -2.52. The Hall–Kier alpha value is -4.25. The van der Waals surface area contributed by atoms with Gasteiger partial charge in [-0.15, -0.1) is 0 Å². The topological polar surface area (TPSA) is 91.7 Å². The van der Waals surface area contributed by atoms with Crippen LogP contribution in [0.25, 0.3) is 10.8 Å². The lowest BCUT2D eigenvalue weighted by atomic mass is 9.50. The van der Waals surface area contributed by atoms with E-state index in [1.165, 1.54) is 0 Å². The summed E-state index contributed by atoms with van der Waals surface area (Å²) in [7, 11) is 0. The Labute approximate surface area is 202 Å². The molecule has 1 aliphatic rings. The van der Waals surface area contributed by atoms with Crippen LogP contribution in [0.3, 0.4) is 0 Å².